The fraction of sp³-hybridized carbons (Fsp3) is 0.650. The van der Waals surface area contributed by atoms with Gasteiger partial charge in [-0.2, -0.15) is 13.2 Å². The molecule has 0 aromatic heterocycles. The van der Waals surface area contributed by atoms with Gasteiger partial charge in [0.1, 0.15) is 11.5 Å². The van der Waals surface area contributed by atoms with Crippen LogP contribution in [0.4, 0.5) is 18.9 Å². The predicted octanol–water partition coefficient (Wildman–Crippen LogP) is 2.95. The number of guanidine groups is 1. The highest BCUT2D eigenvalue weighted by atomic mass is 127. The number of nitrogens with one attached hydrogen (secondary N) is 2. The van der Waals surface area contributed by atoms with E-state index in [4.69, 9.17) is 9.47 Å². The summed E-state index contributed by atoms with van der Waals surface area (Å²) in [5.41, 5.74) is 1.03. The van der Waals surface area contributed by atoms with Crippen LogP contribution in [0.3, 0.4) is 0 Å². The molecule has 0 amide bonds. The summed E-state index contributed by atoms with van der Waals surface area (Å²) in [5.74, 6) is 2.14. The van der Waals surface area contributed by atoms with Gasteiger partial charge < -0.3 is 25.0 Å². The Labute approximate surface area is 199 Å². The van der Waals surface area contributed by atoms with Crippen LogP contribution in [-0.4, -0.2) is 84.1 Å². The van der Waals surface area contributed by atoms with Crippen LogP contribution in [-0.2, 0) is 0 Å². The molecule has 0 spiro atoms. The summed E-state index contributed by atoms with van der Waals surface area (Å²) in [6.07, 6.45) is -2.64. The van der Waals surface area contributed by atoms with E-state index in [9.17, 15) is 13.2 Å². The molecule has 0 saturated carbocycles. The first-order valence-electron chi connectivity index (χ1n) is 9.94. The lowest BCUT2D eigenvalue weighted by atomic mass is 10.2. The van der Waals surface area contributed by atoms with E-state index in [1.165, 1.54) is 11.9 Å². The Morgan fingerprint density at radius 2 is 1.87 bits per heavy atom. The lowest BCUT2D eigenvalue weighted by Crippen LogP contribution is -2.45. The van der Waals surface area contributed by atoms with Gasteiger partial charge in [0.2, 0.25) is 0 Å². The van der Waals surface area contributed by atoms with E-state index < -0.39 is 12.7 Å². The van der Waals surface area contributed by atoms with E-state index in [1.54, 1.807) is 21.3 Å². The Balaban J connectivity index is 0.00000480. The number of halogens is 4. The van der Waals surface area contributed by atoms with E-state index in [0.29, 0.717) is 25.5 Å². The first-order valence-corrected chi connectivity index (χ1v) is 9.94. The maximum Gasteiger partial charge on any atom is 0.401 e. The van der Waals surface area contributed by atoms with Gasteiger partial charge in [0.05, 0.1) is 20.8 Å². The third kappa shape index (κ3) is 9.58. The van der Waals surface area contributed by atoms with Crippen LogP contribution in [0.5, 0.6) is 11.5 Å². The van der Waals surface area contributed by atoms with Gasteiger partial charge in [-0.05, 0) is 26.4 Å². The summed E-state index contributed by atoms with van der Waals surface area (Å²) < 4.78 is 47.8. The molecule has 178 valence electrons. The lowest BCUT2D eigenvalue weighted by molar-refractivity contribution is -0.143. The zero-order valence-corrected chi connectivity index (χ0v) is 20.8. The van der Waals surface area contributed by atoms with Gasteiger partial charge in [0.25, 0.3) is 0 Å². The Morgan fingerprint density at radius 1 is 1.23 bits per heavy atom. The number of ether oxygens (including phenoxy) is 2. The molecule has 1 heterocycles. The summed E-state index contributed by atoms with van der Waals surface area (Å²) in [7, 11) is 6.42. The van der Waals surface area contributed by atoms with E-state index in [1.807, 2.05) is 18.2 Å². The van der Waals surface area contributed by atoms with Crippen molar-refractivity contribution in [3.05, 3.63) is 18.2 Å². The minimum absolute atomic E-state index is 0. The molecule has 0 aliphatic carbocycles. The molecule has 1 atom stereocenters. The molecule has 1 saturated heterocycles. The van der Waals surface area contributed by atoms with Crippen molar-refractivity contribution in [3.63, 3.8) is 0 Å². The van der Waals surface area contributed by atoms with Gasteiger partial charge in [-0.1, -0.05) is 0 Å². The molecular formula is C20H33F3IN5O2. The van der Waals surface area contributed by atoms with Crippen LogP contribution in [0.25, 0.3) is 0 Å². The zero-order valence-electron chi connectivity index (χ0n) is 18.5. The number of alkyl halides is 3. The zero-order chi connectivity index (χ0) is 22.1. The van der Waals surface area contributed by atoms with Gasteiger partial charge in [-0.15, -0.1) is 24.0 Å². The molecule has 1 unspecified atom stereocenters. The van der Waals surface area contributed by atoms with Crippen LogP contribution in [0.15, 0.2) is 23.2 Å². The van der Waals surface area contributed by atoms with Crippen LogP contribution < -0.4 is 25.0 Å². The second-order valence-electron chi connectivity index (χ2n) is 7.35. The lowest BCUT2D eigenvalue weighted by Gasteiger charge is -2.22. The van der Waals surface area contributed by atoms with Crippen molar-refractivity contribution in [2.24, 2.45) is 4.99 Å². The largest absolute Gasteiger partial charge is 0.497 e. The van der Waals surface area contributed by atoms with Gasteiger partial charge in [0, 0.05) is 56.6 Å². The molecule has 1 aromatic rings. The summed E-state index contributed by atoms with van der Waals surface area (Å²) in [4.78, 5) is 7.75. The fourth-order valence-corrected chi connectivity index (χ4v) is 3.42. The SMILES string of the molecule is CN=C(NCCCN(C)CC(F)(F)F)NC1CCN(c2cc(OC)cc(OC)c2)C1.I. The molecule has 0 radical (unpaired) electrons. The molecule has 31 heavy (non-hydrogen) atoms. The number of methoxy groups -OCH3 is 2. The summed E-state index contributed by atoms with van der Waals surface area (Å²) in [5, 5.41) is 6.57. The monoisotopic (exact) mass is 559 g/mol. The maximum atomic E-state index is 12.4. The third-order valence-electron chi connectivity index (χ3n) is 4.91. The number of anilines is 1. The smallest absolute Gasteiger partial charge is 0.401 e. The average molecular weight is 559 g/mol. The molecule has 1 aliphatic heterocycles. The Bertz CT molecular complexity index is 684. The second kappa shape index (κ2) is 13.0. The van der Waals surface area contributed by atoms with Crippen molar-refractivity contribution in [3.8, 4) is 11.5 Å². The molecule has 7 nitrogen and oxygen atoms in total. The minimum atomic E-state index is -4.17. The molecule has 1 aliphatic rings. The fourth-order valence-electron chi connectivity index (χ4n) is 3.42. The van der Waals surface area contributed by atoms with Crippen molar-refractivity contribution in [1.82, 2.24) is 15.5 Å². The maximum absolute atomic E-state index is 12.4. The van der Waals surface area contributed by atoms with Crippen LogP contribution >= 0.6 is 24.0 Å². The average Bonchev–Trinajstić information content (AvgIpc) is 3.17. The quantitative estimate of drug-likeness (QED) is 0.210. The van der Waals surface area contributed by atoms with Crippen molar-refractivity contribution in [1.29, 1.82) is 0 Å². The normalized spacial score (nSPS) is 16.8. The highest BCUT2D eigenvalue weighted by Gasteiger charge is 2.29. The van der Waals surface area contributed by atoms with E-state index in [0.717, 1.165) is 36.7 Å². The number of nitrogens with zero attached hydrogens (tertiary/aromatic N) is 3. The van der Waals surface area contributed by atoms with E-state index in [2.05, 4.69) is 20.5 Å². The molecular weight excluding hydrogens is 526 g/mol. The van der Waals surface area contributed by atoms with Gasteiger partial charge >= 0.3 is 6.18 Å². The van der Waals surface area contributed by atoms with Crippen molar-refractivity contribution < 1.29 is 22.6 Å². The molecule has 1 aromatic carbocycles. The van der Waals surface area contributed by atoms with Crippen molar-refractivity contribution in [2.75, 3.05) is 65.9 Å². The Kier molecular flexibility index (Phi) is 11.5. The van der Waals surface area contributed by atoms with Crippen LogP contribution in [0.2, 0.25) is 0 Å². The third-order valence-corrected chi connectivity index (χ3v) is 4.91. The Hall–Kier alpha value is -1.63. The van der Waals surface area contributed by atoms with Gasteiger partial charge in [-0.25, -0.2) is 0 Å². The Morgan fingerprint density at radius 3 is 2.42 bits per heavy atom. The minimum Gasteiger partial charge on any atom is -0.497 e. The number of hydrogen-bond acceptors (Lipinski definition) is 5. The van der Waals surface area contributed by atoms with Crippen LogP contribution in [0.1, 0.15) is 12.8 Å². The predicted molar refractivity (Wildman–Crippen MR) is 128 cm³/mol. The summed E-state index contributed by atoms with van der Waals surface area (Å²) in [6.45, 7) is 1.69. The topological polar surface area (TPSA) is 61.4 Å². The van der Waals surface area contributed by atoms with Gasteiger partial charge in [-0.3, -0.25) is 9.89 Å². The van der Waals surface area contributed by atoms with Crippen molar-refractivity contribution >= 4 is 35.6 Å². The molecule has 1 fully saturated rings. The first kappa shape index (κ1) is 27.4. The molecule has 2 N–H and O–H groups in total. The standard InChI is InChI=1S/C20H32F3N5O2.HI/c1-24-19(25-7-5-8-27(2)14-20(21,22)23)26-15-6-9-28(13-15)16-10-17(29-3)12-18(11-16)30-4;/h10-12,15H,5-9,13-14H2,1-4H3,(H2,24,25,26);1H. The van der Waals surface area contributed by atoms with E-state index >= 15 is 0 Å². The molecule has 11 heteroatoms. The highest BCUT2D eigenvalue weighted by molar-refractivity contribution is 14.0. The highest BCUT2D eigenvalue weighted by Crippen LogP contribution is 2.30. The molecule has 0 bridgehead atoms. The number of benzene rings is 1. The first-order chi connectivity index (χ1) is 14.2. The summed E-state index contributed by atoms with van der Waals surface area (Å²) >= 11 is 0. The van der Waals surface area contributed by atoms with Gasteiger partial charge in [0.15, 0.2) is 5.96 Å². The number of hydrogen-bond donors (Lipinski definition) is 2. The number of rotatable bonds is 9. The molecule has 2 rings (SSSR count). The van der Waals surface area contributed by atoms with Crippen molar-refractivity contribution in [2.45, 2.75) is 25.1 Å². The number of aliphatic imine (C=N–C) groups is 1. The second-order valence-corrected chi connectivity index (χ2v) is 7.35. The van der Waals surface area contributed by atoms with Crippen LogP contribution in [0, 0.1) is 0 Å². The van der Waals surface area contributed by atoms with E-state index in [-0.39, 0.29) is 30.0 Å². The summed E-state index contributed by atoms with van der Waals surface area (Å²) in [6, 6.07) is 6.01.